The molecule has 1 aliphatic carbocycles. The van der Waals surface area contributed by atoms with Gasteiger partial charge in [0.1, 0.15) is 0 Å². The third-order valence-electron chi connectivity index (χ3n) is 2.27. The van der Waals surface area contributed by atoms with Crippen LogP contribution in [0.4, 0.5) is 0 Å². The highest BCUT2D eigenvalue weighted by Gasteiger charge is 2.19. The lowest BCUT2D eigenvalue weighted by molar-refractivity contribution is 0.527. The third kappa shape index (κ3) is 2.57. The molecule has 1 rings (SSSR count). The first-order chi connectivity index (χ1) is 5.38. The van der Waals surface area contributed by atoms with E-state index in [-0.39, 0.29) is 0 Å². The number of hydrogen-bond acceptors (Lipinski definition) is 1. The lowest BCUT2D eigenvalue weighted by Gasteiger charge is -2.27. The van der Waals surface area contributed by atoms with Gasteiger partial charge >= 0.3 is 0 Å². The van der Waals surface area contributed by atoms with Crippen LogP contribution < -0.4 is 5.32 Å². The predicted octanol–water partition coefficient (Wildman–Crippen LogP) is 1.99. The van der Waals surface area contributed by atoms with Gasteiger partial charge in [0.15, 0.2) is 0 Å². The van der Waals surface area contributed by atoms with Crippen LogP contribution in [0.2, 0.25) is 0 Å². The molecule has 0 saturated carbocycles. The molecule has 1 nitrogen and oxygen atoms in total. The van der Waals surface area contributed by atoms with E-state index >= 15 is 0 Å². The van der Waals surface area contributed by atoms with E-state index in [4.69, 9.17) is 0 Å². The van der Waals surface area contributed by atoms with Gasteiger partial charge < -0.3 is 5.32 Å². The van der Waals surface area contributed by atoms with Crippen LogP contribution in [0.1, 0.15) is 19.8 Å². The summed E-state index contributed by atoms with van der Waals surface area (Å²) >= 11 is 0. The highest BCUT2D eigenvalue weighted by atomic mass is 31.1. The summed E-state index contributed by atoms with van der Waals surface area (Å²) in [5.74, 6) is 0. The van der Waals surface area contributed by atoms with Gasteiger partial charge in [0.05, 0.1) is 0 Å². The second-order valence-electron chi connectivity index (χ2n) is 3.00. The summed E-state index contributed by atoms with van der Waals surface area (Å²) in [6, 6.07) is 0.748. The highest BCUT2D eigenvalue weighted by molar-refractivity contribution is 7.38. The Morgan fingerprint density at radius 3 is 2.82 bits per heavy atom. The average Bonchev–Trinajstić information content (AvgIpc) is 2.06. The molecule has 11 heavy (non-hydrogen) atoms. The summed E-state index contributed by atoms with van der Waals surface area (Å²) in [5.41, 5.74) is 0.912. The number of allylic oxidation sites excluding steroid dienone is 1. The van der Waals surface area contributed by atoms with Crippen LogP contribution in [-0.2, 0) is 0 Å². The monoisotopic (exact) mass is 171 g/mol. The van der Waals surface area contributed by atoms with Gasteiger partial charge in [-0.15, -0.1) is 8.58 Å². The lowest BCUT2D eigenvalue weighted by atomic mass is 10.0. The molecule has 0 heterocycles. The van der Waals surface area contributed by atoms with E-state index in [1.54, 1.807) is 0 Å². The van der Waals surface area contributed by atoms with Gasteiger partial charge in [-0.25, -0.2) is 0 Å². The van der Waals surface area contributed by atoms with E-state index in [0.29, 0.717) is 0 Å². The van der Waals surface area contributed by atoms with Crippen molar-refractivity contribution in [3.05, 3.63) is 12.2 Å². The molecule has 2 heteroatoms. The largest absolute Gasteiger partial charge is 0.316 e. The fraction of sp³-hybridized carbons (Fsp3) is 0.778. The number of nitrogens with one attached hydrogen (secondary N) is 1. The SMILES string of the molecule is CCPC1CC=CCC1NC. The first kappa shape index (κ1) is 9.22. The zero-order chi connectivity index (χ0) is 8.10. The second-order valence-corrected chi connectivity index (χ2v) is 4.86. The molecular weight excluding hydrogens is 153 g/mol. The van der Waals surface area contributed by atoms with E-state index in [1.807, 2.05) is 0 Å². The predicted molar refractivity (Wildman–Crippen MR) is 53.9 cm³/mol. The van der Waals surface area contributed by atoms with Gasteiger partial charge in [0, 0.05) is 6.04 Å². The Hall–Kier alpha value is 0.130. The van der Waals surface area contributed by atoms with Gasteiger partial charge in [0.2, 0.25) is 0 Å². The third-order valence-corrected chi connectivity index (χ3v) is 3.84. The van der Waals surface area contributed by atoms with Crippen LogP contribution in [0.3, 0.4) is 0 Å². The number of hydrogen-bond donors (Lipinski definition) is 1. The van der Waals surface area contributed by atoms with Crippen LogP contribution in [-0.4, -0.2) is 24.9 Å². The molecule has 0 spiro atoms. The quantitative estimate of drug-likeness (QED) is 0.506. The molecule has 0 bridgehead atoms. The Labute approximate surface area is 71.4 Å². The van der Waals surface area contributed by atoms with Gasteiger partial charge in [-0.2, -0.15) is 0 Å². The van der Waals surface area contributed by atoms with Crippen molar-refractivity contribution in [2.75, 3.05) is 13.2 Å². The number of rotatable bonds is 3. The molecular formula is C9H18NP. The smallest absolute Gasteiger partial charge is 0.0167 e. The molecule has 0 aromatic carbocycles. The van der Waals surface area contributed by atoms with Crippen molar-refractivity contribution in [3.8, 4) is 0 Å². The molecule has 0 aliphatic heterocycles. The van der Waals surface area contributed by atoms with Crippen molar-refractivity contribution in [3.63, 3.8) is 0 Å². The molecule has 3 atom stereocenters. The zero-order valence-electron chi connectivity index (χ0n) is 7.43. The van der Waals surface area contributed by atoms with Crippen molar-refractivity contribution < 1.29 is 0 Å². The Balaban J connectivity index is 2.40. The molecule has 0 aromatic rings. The lowest BCUT2D eigenvalue weighted by Crippen LogP contribution is -2.36. The van der Waals surface area contributed by atoms with E-state index in [0.717, 1.165) is 20.3 Å². The maximum Gasteiger partial charge on any atom is 0.0167 e. The van der Waals surface area contributed by atoms with E-state index in [1.165, 1.54) is 19.0 Å². The molecule has 64 valence electrons. The highest BCUT2D eigenvalue weighted by Crippen LogP contribution is 2.29. The van der Waals surface area contributed by atoms with Gasteiger partial charge in [0.25, 0.3) is 0 Å². The van der Waals surface area contributed by atoms with Crippen LogP contribution in [0.25, 0.3) is 0 Å². The molecule has 0 amide bonds. The van der Waals surface area contributed by atoms with Crippen molar-refractivity contribution in [1.29, 1.82) is 0 Å². The van der Waals surface area contributed by atoms with Gasteiger partial charge in [-0.3, -0.25) is 0 Å². The van der Waals surface area contributed by atoms with Gasteiger partial charge in [-0.1, -0.05) is 19.1 Å². The summed E-state index contributed by atoms with van der Waals surface area (Å²) in [4.78, 5) is 0. The Morgan fingerprint density at radius 2 is 2.18 bits per heavy atom. The summed E-state index contributed by atoms with van der Waals surface area (Å²) in [6.45, 7) is 2.28. The average molecular weight is 171 g/mol. The van der Waals surface area contributed by atoms with E-state index in [9.17, 15) is 0 Å². The van der Waals surface area contributed by atoms with Crippen molar-refractivity contribution in [2.24, 2.45) is 0 Å². The second kappa shape index (κ2) is 4.90. The first-order valence-corrected chi connectivity index (χ1v) is 5.72. The van der Waals surface area contributed by atoms with Crippen molar-refractivity contribution in [2.45, 2.75) is 31.5 Å². The molecule has 0 fully saturated rings. The molecule has 0 saturated heterocycles. The van der Waals surface area contributed by atoms with E-state index in [2.05, 4.69) is 31.4 Å². The van der Waals surface area contributed by atoms with Crippen LogP contribution in [0, 0.1) is 0 Å². The van der Waals surface area contributed by atoms with Crippen LogP contribution >= 0.6 is 8.58 Å². The van der Waals surface area contributed by atoms with Crippen molar-refractivity contribution >= 4 is 8.58 Å². The minimum atomic E-state index is 0.748. The van der Waals surface area contributed by atoms with Crippen LogP contribution in [0.5, 0.6) is 0 Å². The fourth-order valence-electron chi connectivity index (χ4n) is 1.62. The normalized spacial score (nSPS) is 31.8. The molecule has 1 aliphatic rings. The Kier molecular flexibility index (Phi) is 4.11. The maximum absolute atomic E-state index is 3.39. The molecule has 0 aromatic heterocycles. The Morgan fingerprint density at radius 1 is 1.45 bits per heavy atom. The summed E-state index contributed by atoms with van der Waals surface area (Å²) < 4.78 is 0. The molecule has 0 radical (unpaired) electrons. The minimum Gasteiger partial charge on any atom is -0.316 e. The summed E-state index contributed by atoms with van der Waals surface area (Å²) in [5, 5.41) is 3.39. The zero-order valence-corrected chi connectivity index (χ0v) is 8.43. The summed E-state index contributed by atoms with van der Waals surface area (Å²) in [7, 11) is 3.22. The summed E-state index contributed by atoms with van der Waals surface area (Å²) in [6.07, 6.45) is 8.50. The Bertz CT molecular complexity index is 134. The molecule has 3 unspecified atom stereocenters. The maximum atomic E-state index is 3.39. The first-order valence-electron chi connectivity index (χ1n) is 4.44. The minimum absolute atomic E-state index is 0.748. The fourth-order valence-corrected chi connectivity index (χ4v) is 3.04. The van der Waals surface area contributed by atoms with Gasteiger partial charge in [-0.05, 0) is 31.7 Å². The topological polar surface area (TPSA) is 12.0 Å². The van der Waals surface area contributed by atoms with E-state index < -0.39 is 0 Å². The van der Waals surface area contributed by atoms with Crippen LogP contribution in [0.15, 0.2) is 12.2 Å². The standard InChI is InChI=1S/C9H18NP/c1-3-11-9-7-5-4-6-8(9)10-2/h4-5,8-11H,3,6-7H2,1-2H3. The van der Waals surface area contributed by atoms with Crippen molar-refractivity contribution in [1.82, 2.24) is 5.32 Å². The molecule has 1 N–H and O–H groups in total.